The van der Waals surface area contributed by atoms with Crippen LogP contribution in [-0.2, 0) is 6.61 Å². The van der Waals surface area contributed by atoms with Gasteiger partial charge >= 0.3 is 0 Å². The highest BCUT2D eigenvalue weighted by atomic mass is 16.3. The van der Waals surface area contributed by atoms with E-state index in [1.165, 1.54) is 5.69 Å². The molecule has 3 heteroatoms. The molecule has 0 spiro atoms. The van der Waals surface area contributed by atoms with Crippen molar-refractivity contribution in [1.82, 2.24) is 4.90 Å². The van der Waals surface area contributed by atoms with Gasteiger partial charge in [-0.2, -0.15) is 0 Å². The number of hydrogen-bond acceptors (Lipinski definition) is 3. The Bertz CT molecular complexity index is 357. The molecule has 1 heterocycles. The Hall–Kier alpha value is -1.06. The summed E-state index contributed by atoms with van der Waals surface area (Å²) < 4.78 is 0. The molecule has 0 aliphatic carbocycles. The predicted molar refractivity (Wildman–Crippen MR) is 71.3 cm³/mol. The molecule has 0 aromatic heterocycles. The number of para-hydroxylation sites is 1. The van der Waals surface area contributed by atoms with E-state index in [2.05, 4.69) is 29.7 Å². The summed E-state index contributed by atoms with van der Waals surface area (Å²) >= 11 is 0. The summed E-state index contributed by atoms with van der Waals surface area (Å²) in [5, 5.41) is 9.35. The van der Waals surface area contributed by atoms with Crippen LogP contribution < -0.4 is 4.90 Å². The molecule has 1 fully saturated rings. The first-order chi connectivity index (χ1) is 8.22. The first-order valence-corrected chi connectivity index (χ1v) is 6.40. The number of hydrogen-bond donors (Lipinski definition) is 1. The van der Waals surface area contributed by atoms with E-state index >= 15 is 0 Å². The lowest BCUT2D eigenvalue weighted by Gasteiger charge is -2.38. The molecule has 1 N–H and O–H groups in total. The Morgan fingerprint density at radius 1 is 1.12 bits per heavy atom. The van der Waals surface area contributed by atoms with Gasteiger partial charge in [0.1, 0.15) is 0 Å². The summed E-state index contributed by atoms with van der Waals surface area (Å²) in [6.07, 6.45) is 0. The minimum absolute atomic E-state index is 0.126. The van der Waals surface area contributed by atoms with E-state index in [1.807, 2.05) is 18.2 Å². The second kappa shape index (κ2) is 5.52. The summed E-state index contributed by atoms with van der Waals surface area (Å²) in [4.78, 5) is 4.88. The van der Waals surface area contributed by atoms with Gasteiger partial charge in [-0.15, -0.1) is 0 Å². The Labute approximate surface area is 104 Å². The maximum atomic E-state index is 9.35. The summed E-state index contributed by atoms with van der Waals surface area (Å²) in [5.74, 6) is 0. The molecule has 0 radical (unpaired) electrons. The van der Waals surface area contributed by atoms with Gasteiger partial charge in [0.25, 0.3) is 0 Å². The zero-order chi connectivity index (χ0) is 12.3. The van der Waals surface area contributed by atoms with Gasteiger partial charge in [-0.1, -0.05) is 18.2 Å². The Morgan fingerprint density at radius 2 is 1.76 bits per heavy atom. The normalized spacial score (nSPS) is 17.8. The quantitative estimate of drug-likeness (QED) is 0.862. The largest absolute Gasteiger partial charge is 0.392 e. The number of benzene rings is 1. The average molecular weight is 234 g/mol. The van der Waals surface area contributed by atoms with Crippen molar-refractivity contribution in [1.29, 1.82) is 0 Å². The zero-order valence-electron chi connectivity index (χ0n) is 10.8. The molecule has 0 unspecified atom stereocenters. The minimum Gasteiger partial charge on any atom is -0.392 e. The SMILES string of the molecule is CC(C)N1CCN(c2ccccc2CO)CC1. The minimum atomic E-state index is 0.126. The number of rotatable bonds is 3. The van der Waals surface area contributed by atoms with Crippen LogP contribution in [0.4, 0.5) is 5.69 Å². The first kappa shape index (κ1) is 12.4. The molecule has 1 aromatic rings. The smallest absolute Gasteiger partial charge is 0.0702 e. The summed E-state index contributed by atoms with van der Waals surface area (Å²) in [5.41, 5.74) is 2.23. The molecule has 0 atom stereocenters. The third-order valence-corrected chi connectivity index (χ3v) is 3.55. The molecule has 1 aliphatic heterocycles. The number of nitrogens with zero attached hydrogens (tertiary/aromatic N) is 2. The van der Waals surface area contributed by atoms with Crippen molar-refractivity contribution < 1.29 is 5.11 Å². The summed E-state index contributed by atoms with van der Waals surface area (Å²) in [7, 11) is 0. The molecule has 0 amide bonds. The van der Waals surface area contributed by atoms with Crippen molar-refractivity contribution in [3.63, 3.8) is 0 Å². The van der Waals surface area contributed by atoms with Crippen LogP contribution in [0.3, 0.4) is 0 Å². The van der Waals surface area contributed by atoms with Gasteiger partial charge in [0.05, 0.1) is 6.61 Å². The maximum absolute atomic E-state index is 9.35. The average Bonchev–Trinajstić information content (AvgIpc) is 2.39. The number of aliphatic hydroxyl groups is 1. The maximum Gasteiger partial charge on any atom is 0.0702 e. The van der Waals surface area contributed by atoms with Gasteiger partial charge in [-0.3, -0.25) is 4.90 Å². The molecular formula is C14H22N2O. The third-order valence-electron chi connectivity index (χ3n) is 3.55. The topological polar surface area (TPSA) is 26.7 Å². The van der Waals surface area contributed by atoms with Crippen molar-refractivity contribution in [2.45, 2.75) is 26.5 Å². The first-order valence-electron chi connectivity index (χ1n) is 6.40. The van der Waals surface area contributed by atoms with E-state index in [-0.39, 0.29) is 6.61 Å². The van der Waals surface area contributed by atoms with Crippen LogP contribution in [0.15, 0.2) is 24.3 Å². The molecule has 1 aromatic carbocycles. The highest BCUT2D eigenvalue weighted by molar-refractivity contribution is 5.53. The van der Waals surface area contributed by atoms with E-state index in [9.17, 15) is 5.11 Å². The number of piperazine rings is 1. The highest BCUT2D eigenvalue weighted by Crippen LogP contribution is 2.22. The van der Waals surface area contributed by atoms with Crippen LogP contribution in [0.1, 0.15) is 19.4 Å². The Kier molecular flexibility index (Phi) is 4.02. The van der Waals surface area contributed by atoms with Crippen LogP contribution in [0.2, 0.25) is 0 Å². The van der Waals surface area contributed by atoms with Crippen LogP contribution in [0.5, 0.6) is 0 Å². The summed E-state index contributed by atoms with van der Waals surface area (Å²) in [6.45, 7) is 8.94. The van der Waals surface area contributed by atoms with Crippen molar-refractivity contribution in [2.75, 3.05) is 31.1 Å². The standard InChI is InChI=1S/C14H22N2O/c1-12(2)15-7-9-16(10-8-15)14-6-4-3-5-13(14)11-17/h3-6,12,17H,7-11H2,1-2H3. The van der Waals surface area contributed by atoms with Crippen LogP contribution in [0, 0.1) is 0 Å². The van der Waals surface area contributed by atoms with Gasteiger partial charge in [-0.05, 0) is 19.9 Å². The Morgan fingerprint density at radius 3 is 2.35 bits per heavy atom. The van der Waals surface area contributed by atoms with Gasteiger partial charge in [0.2, 0.25) is 0 Å². The van der Waals surface area contributed by atoms with Gasteiger partial charge in [0, 0.05) is 43.5 Å². The van der Waals surface area contributed by atoms with E-state index < -0.39 is 0 Å². The number of anilines is 1. The fourth-order valence-electron chi connectivity index (χ4n) is 2.43. The molecule has 2 rings (SSSR count). The van der Waals surface area contributed by atoms with Crippen molar-refractivity contribution in [2.24, 2.45) is 0 Å². The fourth-order valence-corrected chi connectivity index (χ4v) is 2.43. The Balaban J connectivity index is 2.05. The highest BCUT2D eigenvalue weighted by Gasteiger charge is 2.20. The zero-order valence-corrected chi connectivity index (χ0v) is 10.8. The van der Waals surface area contributed by atoms with Gasteiger partial charge in [0.15, 0.2) is 0 Å². The molecule has 3 nitrogen and oxygen atoms in total. The second-order valence-corrected chi connectivity index (χ2v) is 4.90. The monoisotopic (exact) mass is 234 g/mol. The molecule has 17 heavy (non-hydrogen) atoms. The van der Waals surface area contributed by atoms with Crippen molar-refractivity contribution in [3.8, 4) is 0 Å². The lowest BCUT2D eigenvalue weighted by atomic mass is 10.1. The fraction of sp³-hybridized carbons (Fsp3) is 0.571. The lowest BCUT2D eigenvalue weighted by Crippen LogP contribution is -2.49. The summed E-state index contributed by atoms with van der Waals surface area (Å²) in [6, 6.07) is 8.77. The van der Waals surface area contributed by atoms with Crippen LogP contribution in [0.25, 0.3) is 0 Å². The van der Waals surface area contributed by atoms with E-state index in [0.29, 0.717) is 6.04 Å². The predicted octanol–water partition coefficient (Wildman–Crippen LogP) is 1.71. The molecule has 1 saturated heterocycles. The van der Waals surface area contributed by atoms with E-state index in [0.717, 1.165) is 31.7 Å². The molecule has 94 valence electrons. The number of aliphatic hydroxyl groups excluding tert-OH is 1. The molecule has 0 saturated carbocycles. The molecule has 1 aliphatic rings. The van der Waals surface area contributed by atoms with Crippen LogP contribution in [-0.4, -0.2) is 42.2 Å². The van der Waals surface area contributed by atoms with Crippen molar-refractivity contribution >= 4 is 5.69 Å². The van der Waals surface area contributed by atoms with Crippen molar-refractivity contribution in [3.05, 3.63) is 29.8 Å². The van der Waals surface area contributed by atoms with E-state index in [1.54, 1.807) is 0 Å². The van der Waals surface area contributed by atoms with Crippen LogP contribution >= 0.6 is 0 Å². The second-order valence-electron chi connectivity index (χ2n) is 4.90. The van der Waals surface area contributed by atoms with Gasteiger partial charge < -0.3 is 10.0 Å². The third kappa shape index (κ3) is 2.79. The molecule has 0 bridgehead atoms. The van der Waals surface area contributed by atoms with Gasteiger partial charge in [-0.25, -0.2) is 0 Å². The molecular weight excluding hydrogens is 212 g/mol. The lowest BCUT2D eigenvalue weighted by molar-refractivity contribution is 0.209. The van der Waals surface area contributed by atoms with E-state index in [4.69, 9.17) is 0 Å².